The van der Waals surface area contributed by atoms with Gasteiger partial charge in [0.2, 0.25) is 5.91 Å². The maximum Gasteiger partial charge on any atom is 0.241 e. The van der Waals surface area contributed by atoms with Crippen molar-refractivity contribution in [1.29, 1.82) is 0 Å². The topological polar surface area (TPSA) is 99.9 Å². The molecule has 4 rings (SSSR count). The van der Waals surface area contributed by atoms with E-state index in [0.29, 0.717) is 25.7 Å². The molecule has 1 aromatic heterocycles. The Kier molecular flexibility index (Phi) is 7.38. The summed E-state index contributed by atoms with van der Waals surface area (Å²) in [5.74, 6) is -0.0739. The average molecular weight is 485 g/mol. The van der Waals surface area contributed by atoms with E-state index in [2.05, 4.69) is 22.5 Å². The molecule has 35 heavy (non-hydrogen) atoms. The van der Waals surface area contributed by atoms with Crippen molar-refractivity contribution >= 4 is 5.91 Å². The number of ether oxygens (including phenoxy) is 1. The van der Waals surface area contributed by atoms with Gasteiger partial charge >= 0.3 is 0 Å². The number of carbonyl (C=O) groups excluding carboxylic acids is 1. The highest BCUT2D eigenvalue weighted by atomic mass is 16.6. The molecule has 8 nitrogen and oxygen atoms in total. The second-order valence-electron chi connectivity index (χ2n) is 10.9. The summed E-state index contributed by atoms with van der Waals surface area (Å²) in [5.41, 5.74) is 1.27. The molecule has 2 fully saturated rings. The monoisotopic (exact) mass is 484 g/mol. The number of aryl methyl sites for hydroxylation is 2. The van der Waals surface area contributed by atoms with Crippen LogP contribution in [0.5, 0.6) is 0 Å². The summed E-state index contributed by atoms with van der Waals surface area (Å²) in [6.45, 7) is 5.97. The van der Waals surface area contributed by atoms with Crippen molar-refractivity contribution in [1.82, 2.24) is 20.0 Å². The molecule has 3 heterocycles. The predicted molar refractivity (Wildman–Crippen MR) is 134 cm³/mol. The van der Waals surface area contributed by atoms with Gasteiger partial charge in [-0.2, -0.15) is 5.10 Å². The molecule has 0 unspecified atom stereocenters. The quantitative estimate of drug-likeness (QED) is 0.557. The zero-order valence-corrected chi connectivity index (χ0v) is 21.6. The summed E-state index contributed by atoms with van der Waals surface area (Å²) in [7, 11) is 3.95. The summed E-state index contributed by atoms with van der Waals surface area (Å²) in [6.07, 6.45) is 0.988. The van der Waals surface area contributed by atoms with Crippen LogP contribution in [0, 0.1) is 13.8 Å². The molecule has 2 aliphatic heterocycles. The molecular formula is C27H40N4O4. The van der Waals surface area contributed by atoms with Crippen molar-refractivity contribution < 1.29 is 19.7 Å². The summed E-state index contributed by atoms with van der Waals surface area (Å²) in [5, 5.41) is 30.2. The van der Waals surface area contributed by atoms with Crippen LogP contribution in [-0.2, 0) is 16.1 Å². The molecule has 8 heteroatoms. The van der Waals surface area contributed by atoms with Gasteiger partial charge in [-0.1, -0.05) is 30.3 Å². The van der Waals surface area contributed by atoms with E-state index in [-0.39, 0.29) is 31.0 Å². The predicted octanol–water partition coefficient (Wildman–Crippen LogP) is 2.15. The minimum atomic E-state index is -0.911. The van der Waals surface area contributed by atoms with Crippen LogP contribution in [0.15, 0.2) is 36.4 Å². The molecule has 2 saturated heterocycles. The summed E-state index contributed by atoms with van der Waals surface area (Å²) >= 11 is 0. The molecule has 3 N–H and O–H groups in total. The smallest absolute Gasteiger partial charge is 0.241 e. The van der Waals surface area contributed by atoms with Gasteiger partial charge in [-0.25, -0.2) is 0 Å². The van der Waals surface area contributed by atoms with Gasteiger partial charge in [0.15, 0.2) is 0 Å². The van der Waals surface area contributed by atoms with E-state index >= 15 is 0 Å². The molecule has 192 valence electrons. The molecule has 2 aliphatic rings. The number of hydrogen-bond donors (Lipinski definition) is 3. The van der Waals surface area contributed by atoms with Gasteiger partial charge in [-0.3, -0.25) is 9.48 Å². The second kappa shape index (κ2) is 10.0. The van der Waals surface area contributed by atoms with Gasteiger partial charge in [0.05, 0.1) is 23.0 Å². The van der Waals surface area contributed by atoms with Crippen molar-refractivity contribution in [3.8, 4) is 0 Å². The fourth-order valence-electron chi connectivity index (χ4n) is 6.11. The van der Waals surface area contributed by atoms with Gasteiger partial charge in [0.25, 0.3) is 0 Å². The molecule has 1 amide bonds. The average Bonchev–Trinajstić information content (AvgIpc) is 3.09. The number of aliphatic hydroxyl groups excluding tert-OH is 2. The van der Waals surface area contributed by atoms with E-state index in [1.165, 1.54) is 5.56 Å². The highest BCUT2D eigenvalue weighted by Crippen LogP contribution is 2.51. The lowest BCUT2D eigenvalue weighted by atomic mass is 9.72. The number of rotatable bonds is 7. The van der Waals surface area contributed by atoms with Crippen molar-refractivity contribution in [2.24, 2.45) is 0 Å². The summed E-state index contributed by atoms with van der Waals surface area (Å²) < 4.78 is 8.37. The molecule has 0 saturated carbocycles. The van der Waals surface area contributed by atoms with Crippen LogP contribution in [0.4, 0.5) is 0 Å². The van der Waals surface area contributed by atoms with Crippen molar-refractivity contribution in [3.05, 3.63) is 53.3 Å². The zero-order chi connectivity index (χ0) is 25.4. The lowest BCUT2D eigenvalue weighted by Crippen LogP contribution is -2.61. The normalized spacial score (nSPS) is 31.7. The van der Waals surface area contributed by atoms with Crippen LogP contribution in [0.1, 0.15) is 55.5 Å². The van der Waals surface area contributed by atoms with Gasteiger partial charge in [-0.15, -0.1) is 0 Å². The largest absolute Gasteiger partial charge is 0.388 e. The standard InChI is InChI=1S/C27H40N4O4/c1-18-13-19(2)31(29-18)17-24(33)28-16-23(32)27-12-11-22(30(4)5)25(34)26(3,35-27)14-21(15-27)20-9-7-6-8-10-20/h6-10,13,21-23,25,32,34H,11-12,14-17H2,1-5H3,(H,28,33)/t21-,22-,23+,25+,26+,27+/m1/s1. The third kappa shape index (κ3) is 5.31. The van der Waals surface area contributed by atoms with Gasteiger partial charge in [-0.05, 0) is 78.1 Å². The van der Waals surface area contributed by atoms with E-state index in [9.17, 15) is 15.0 Å². The molecule has 1 aromatic carbocycles. The van der Waals surface area contributed by atoms with E-state index in [0.717, 1.165) is 11.4 Å². The van der Waals surface area contributed by atoms with Crippen LogP contribution in [0.3, 0.4) is 0 Å². The number of likely N-dealkylation sites (N-methyl/N-ethyl adjacent to an activating group) is 1. The SMILES string of the molecule is Cc1cc(C)n(CC(=O)NC[C@H](O)[C@]23CC[C@@H](N(C)C)[C@H](O)[C@](C)(C[C@@H](c4ccccc4)C2)O3)n1. The van der Waals surface area contributed by atoms with Crippen molar-refractivity contribution in [2.45, 2.75) is 88.4 Å². The number of hydrogen-bond acceptors (Lipinski definition) is 6. The molecule has 0 spiro atoms. The first-order chi connectivity index (χ1) is 16.5. The number of carbonyl (C=O) groups is 1. The number of fused-ring (bicyclic) bond motifs is 2. The number of benzene rings is 1. The molecule has 0 radical (unpaired) electrons. The Hall–Kier alpha value is -2.26. The van der Waals surface area contributed by atoms with Gasteiger partial charge < -0.3 is 25.2 Å². The van der Waals surface area contributed by atoms with E-state index in [1.54, 1.807) is 4.68 Å². The summed E-state index contributed by atoms with van der Waals surface area (Å²) in [4.78, 5) is 14.7. The Morgan fingerprint density at radius 1 is 1.29 bits per heavy atom. The third-order valence-electron chi connectivity index (χ3n) is 7.96. The van der Waals surface area contributed by atoms with Gasteiger partial charge in [0, 0.05) is 18.3 Å². The number of aromatic nitrogens is 2. The highest BCUT2D eigenvalue weighted by molar-refractivity contribution is 5.75. The van der Waals surface area contributed by atoms with Crippen LogP contribution in [0.25, 0.3) is 0 Å². The van der Waals surface area contributed by atoms with Crippen molar-refractivity contribution in [3.63, 3.8) is 0 Å². The lowest BCUT2D eigenvalue weighted by molar-refractivity contribution is -0.250. The Balaban J connectivity index is 1.56. The van der Waals surface area contributed by atoms with Crippen molar-refractivity contribution in [2.75, 3.05) is 20.6 Å². The minimum absolute atomic E-state index is 0.0794. The Morgan fingerprint density at radius 2 is 2.00 bits per heavy atom. The number of nitrogens with zero attached hydrogens (tertiary/aromatic N) is 3. The first-order valence-corrected chi connectivity index (χ1v) is 12.6. The van der Waals surface area contributed by atoms with Gasteiger partial charge in [0.1, 0.15) is 12.6 Å². The second-order valence-corrected chi connectivity index (χ2v) is 10.9. The fraction of sp³-hybridized carbons (Fsp3) is 0.630. The maximum absolute atomic E-state index is 12.7. The number of aliphatic hydroxyl groups is 2. The highest BCUT2D eigenvalue weighted by Gasteiger charge is 2.57. The number of amides is 1. The Morgan fingerprint density at radius 3 is 2.63 bits per heavy atom. The molecular weight excluding hydrogens is 444 g/mol. The van der Waals surface area contributed by atoms with Crippen LogP contribution in [0.2, 0.25) is 0 Å². The first-order valence-electron chi connectivity index (χ1n) is 12.6. The lowest BCUT2D eigenvalue weighted by Gasteiger charge is -2.52. The van der Waals surface area contributed by atoms with Crippen LogP contribution < -0.4 is 5.32 Å². The number of nitrogens with one attached hydrogen (secondary N) is 1. The molecule has 0 aliphatic carbocycles. The van der Waals surface area contributed by atoms with E-state index in [4.69, 9.17) is 4.74 Å². The maximum atomic E-state index is 12.7. The minimum Gasteiger partial charge on any atom is -0.388 e. The van der Waals surface area contributed by atoms with E-state index < -0.39 is 23.4 Å². The van der Waals surface area contributed by atoms with E-state index in [1.807, 2.05) is 64.0 Å². The molecule has 2 bridgehead atoms. The Labute approximate surface area is 208 Å². The fourth-order valence-corrected chi connectivity index (χ4v) is 6.11. The summed E-state index contributed by atoms with van der Waals surface area (Å²) in [6, 6.07) is 12.1. The first kappa shape index (κ1) is 25.8. The molecule has 6 atom stereocenters. The van der Waals surface area contributed by atoms with Crippen LogP contribution >= 0.6 is 0 Å². The van der Waals surface area contributed by atoms with Crippen LogP contribution in [-0.4, -0.2) is 80.9 Å². The Bertz CT molecular complexity index is 1030. The third-order valence-corrected chi connectivity index (χ3v) is 7.96. The zero-order valence-electron chi connectivity index (χ0n) is 21.6. The molecule has 2 aromatic rings.